The number of H-pyrrole nitrogens is 1. The molecule has 0 saturated carbocycles. The van der Waals surface area contributed by atoms with Crippen LogP contribution in [0.25, 0.3) is 0 Å². The van der Waals surface area contributed by atoms with Crippen molar-refractivity contribution in [1.82, 2.24) is 14.8 Å². The number of piperazine rings is 1. The Bertz CT molecular complexity index is 692. The van der Waals surface area contributed by atoms with Crippen LogP contribution in [0, 0.1) is 0 Å². The fraction of sp³-hybridized carbons (Fsp3) is 0.294. The average Bonchev–Trinajstić information content (AvgIpc) is 3.15. The summed E-state index contributed by atoms with van der Waals surface area (Å²) in [6.07, 6.45) is 3.40. The summed E-state index contributed by atoms with van der Waals surface area (Å²) in [6.45, 7) is 2.05. The predicted molar refractivity (Wildman–Crippen MR) is 90.2 cm³/mol. The molecular formula is C17H18ClN3O3. The zero-order chi connectivity index (χ0) is 16.9. The van der Waals surface area contributed by atoms with Crippen molar-refractivity contribution in [2.45, 2.75) is 0 Å². The molecule has 0 aliphatic carbocycles. The average molecular weight is 348 g/mol. The summed E-state index contributed by atoms with van der Waals surface area (Å²) in [6, 6.07) is 8.63. The highest BCUT2D eigenvalue weighted by atomic mass is 35.5. The van der Waals surface area contributed by atoms with Gasteiger partial charge in [0.05, 0.1) is 5.56 Å². The number of nitrogens with zero attached hydrogens (tertiary/aromatic N) is 2. The van der Waals surface area contributed by atoms with E-state index in [9.17, 15) is 9.59 Å². The van der Waals surface area contributed by atoms with Crippen molar-refractivity contribution in [2.24, 2.45) is 0 Å². The molecule has 1 saturated heterocycles. The first-order valence-corrected chi connectivity index (χ1v) is 8.09. The van der Waals surface area contributed by atoms with Gasteiger partial charge in [-0.1, -0.05) is 11.6 Å². The van der Waals surface area contributed by atoms with Crippen LogP contribution >= 0.6 is 11.6 Å². The zero-order valence-electron chi connectivity index (χ0n) is 13.1. The molecule has 0 unspecified atom stereocenters. The third-order valence-corrected chi connectivity index (χ3v) is 4.19. The molecule has 1 fully saturated rings. The van der Waals surface area contributed by atoms with Crippen LogP contribution in [-0.4, -0.2) is 59.4 Å². The van der Waals surface area contributed by atoms with Crippen molar-refractivity contribution in [2.75, 3.05) is 32.8 Å². The third kappa shape index (κ3) is 3.89. The maximum absolute atomic E-state index is 12.2. The molecule has 6 nitrogen and oxygen atoms in total. The second-order valence-electron chi connectivity index (χ2n) is 5.52. The minimum absolute atomic E-state index is 0.0132. The fourth-order valence-electron chi connectivity index (χ4n) is 2.57. The van der Waals surface area contributed by atoms with Gasteiger partial charge in [0.1, 0.15) is 5.75 Å². The number of rotatable bonds is 4. The number of carbonyl (C=O) groups excluding carboxylic acids is 2. The number of hydrogen-bond donors (Lipinski definition) is 1. The van der Waals surface area contributed by atoms with E-state index in [0.29, 0.717) is 42.5 Å². The largest absolute Gasteiger partial charge is 0.484 e. The number of nitrogens with one attached hydrogen (secondary N) is 1. The van der Waals surface area contributed by atoms with Crippen LogP contribution in [0.3, 0.4) is 0 Å². The lowest BCUT2D eigenvalue weighted by atomic mass is 10.2. The van der Waals surface area contributed by atoms with Gasteiger partial charge >= 0.3 is 0 Å². The van der Waals surface area contributed by atoms with Crippen LogP contribution in [0.5, 0.6) is 5.75 Å². The third-order valence-electron chi connectivity index (χ3n) is 3.94. The van der Waals surface area contributed by atoms with Crippen LogP contribution in [0.15, 0.2) is 42.7 Å². The second-order valence-corrected chi connectivity index (χ2v) is 5.95. The van der Waals surface area contributed by atoms with Gasteiger partial charge < -0.3 is 19.5 Å². The maximum atomic E-state index is 12.2. The van der Waals surface area contributed by atoms with Crippen LogP contribution in [-0.2, 0) is 4.79 Å². The number of aromatic amines is 1. The van der Waals surface area contributed by atoms with Crippen LogP contribution in [0.4, 0.5) is 0 Å². The smallest absolute Gasteiger partial charge is 0.260 e. The van der Waals surface area contributed by atoms with Crippen LogP contribution < -0.4 is 4.74 Å². The van der Waals surface area contributed by atoms with Crippen LogP contribution in [0.2, 0.25) is 5.02 Å². The molecule has 1 aliphatic rings. The van der Waals surface area contributed by atoms with Gasteiger partial charge in [0.15, 0.2) is 6.61 Å². The molecule has 3 rings (SSSR count). The van der Waals surface area contributed by atoms with Crippen molar-refractivity contribution in [1.29, 1.82) is 0 Å². The Hall–Kier alpha value is -2.47. The molecule has 2 amide bonds. The maximum Gasteiger partial charge on any atom is 0.260 e. The van der Waals surface area contributed by atoms with Crippen molar-refractivity contribution >= 4 is 23.4 Å². The highest BCUT2D eigenvalue weighted by molar-refractivity contribution is 6.30. The SMILES string of the molecule is O=C(COc1ccc(Cl)cc1)N1CCN(C(=O)c2cc[nH]c2)CC1. The highest BCUT2D eigenvalue weighted by Gasteiger charge is 2.25. The molecule has 1 aliphatic heterocycles. The van der Waals surface area contributed by atoms with Crippen molar-refractivity contribution in [3.63, 3.8) is 0 Å². The van der Waals surface area contributed by atoms with Gasteiger partial charge in [0.2, 0.25) is 0 Å². The topological polar surface area (TPSA) is 65.6 Å². The Morgan fingerprint density at radius 3 is 2.33 bits per heavy atom. The first-order valence-electron chi connectivity index (χ1n) is 7.72. The first kappa shape index (κ1) is 16.4. The Balaban J connectivity index is 1.46. The van der Waals surface area contributed by atoms with E-state index >= 15 is 0 Å². The summed E-state index contributed by atoms with van der Waals surface area (Å²) >= 11 is 5.81. The normalized spacial score (nSPS) is 14.5. The van der Waals surface area contributed by atoms with Crippen molar-refractivity contribution < 1.29 is 14.3 Å². The number of halogens is 1. The van der Waals surface area contributed by atoms with Crippen molar-refractivity contribution in [3.8, 4) is 5.75 Å². The summed E-state index contributed by atoms with van der Waals surface area (Å²) in [7, 11) is 0. The predicted octanol–water partition coefficient (Wildman–Crippen LogP) is 2.03. The number of aromatic nitrogens is 1. The van der Waals surface area contributed by atoms with Crippen LogP contribution in [0.1, 0.15) is 10.4 Å². The lowest BCUT2D eigenvalue weighted by Gasteiger charge is -2.34. The number of carbonyl (C=O) groups is 2. The summed E-state index contributed by atoms with van der Waals surface area (Å²) in [5.74, 6) is 0.508. The summed E-state index contributed by atoms with van der Waals surface area (Å²) in [5, 5.41) is 0.622. The molecule has 0 radical (unpaired) electrons. The van der Waals surface area contributed by atoms with E-state index in [2.05, 4.69) is 4.98 Å². The minimum atomic E-state index is -0.0845. The van der Waals surface area contributed by atoms with E-state index in [4.69, 9.17) is 16.3 Å². The van der Waals surface area contributed by atoms with Crippen molar-refractivity contribution in [3.05, 3.63) is 53.3 Å². The van der Waals surface area contributed by atoms with Gasteiger partial charge in [-0.3, -0.25) is 9.59 Å². The van der Waals surface area contributed by atoms with E-state index in [1.54, 1.807) is 52.5 Å². The molecule has 24 heavy (non-hydrogen) atoms. The molecule has 1 aromatic carbocycles. The first-order chi connectivity index (χ1) is 11.6. The number of benzene rings is 1. The number of hydrogen-bond acceptors (Lipinski definition) is 3. The van der Waals surface area contributed by atoms with E-state index in [1.807, 2.05) is 0 Å². The minimum Gasteiger partial charge on any atom is -0.484 e. The second kappa shape index (κ2) is 7.40. The van der Waals surface area contributed by atoms with Gasteiger partial charge in [0, 0.05) is 43.6 Å². The molecule has 126 valence electrons. The molecule has 2 heterocycles. The molecule has 2 aromatic rings. The molecular weight excluding hydrogens is 330 g/mol. The van der Waals surface area contributed by atoms with E-state index < -0.39 is 0 Å². The Kier molecular flexibility index (Phi) is 5.05. The van der Waals surface area contributed by atoms with Gasteiger partial charge in [0.25, 0.3) is 11.8 Å². The van der Waals surface area contributed by atoms with Gasteiger partial charge in [-0.2, -0.15) is 0 Å². The fourth-order valence-corrected chi connectivity index (χ4v) is 2.69. The lowest BCUT2D eigenvalue weighted by Crippen LogP contribution is -2.51. The molecule has 0 atom stereocenters. The molecule has 7 heteroatoms. The van der Waals surface area contributed by atoms with Gasteiger partial charge in [-0.25, -0.2) is 0 Å². The zero-order valence-corrected chi connectivity index (χ0v) is 13.8. The number of amides is 2. The monoisotopic (exact) mass is 347 g/mol. The number of ether oxygens (including phenoxy) is 1. The Morgan fingerprint density at radius 1 is 1.04 bits per heavy atom. The van der Waals surface area contributed by atoms with Gasteiger partial charge in [-0.15, -0.1) is 0 Å². The highest BCUT2D eigenvalue weighted by Crippen LogP contribution is 2.16. The molecule has 0 spiro atoms. The molecule has 1 aromatic heterocycles. The summed E-state index contributed by atoms with van der Waals surface area (Å²) in [4.78, 5) is 30.8. The van der Waals surface area contributed by atoms with E-state index in [1.165, 1.54) is 0 Å². The summed E-state index contributed by atoms with van der Waals surface area (Å²) in [5.41, 5.74) is 0.640. The summed E-state index contributed by atoms with van der Waals surface area (Å²) < 4.78 is 5.47. The Morgan fingerprint density at radius 2 is 1.71 bits per heavy atom. The van der Waals surface area contributed by atoms with E-state index in [-0.39, 0.29) is 18.4 Å². The van der Waals surface area contributed by atoms with Gasteiger partial charge in [-0.05, 0) is 30.3 Å². The quantitative estimate of drug-likeness (QED) is 0.920. The molecule has 1 N–H and O–H groups in total. The lowest BCUT2D eigenvalue weighted by molar-refractivity contribution is -0.134. The standard InChI is InChI=1S/C17H18ClN3O3/c18-14-1-3-15(4-2-14)24-12-16(22)20-7-9-21(10-8-20)17(23)13-5-6-19-11-13/h1-6,11,19H,7-10,12H2. The Labute approximate surface area is 145 Å². The van der Waals surface area contributed by atoms with E-state index in [0.717, 1.165) is 0 Å². The molecule has 0 bridgehead atoms.